The van der Waals surface area contributed by atoms with Crippen LogP contribution in [0.25, 0.3) is 0 Å². The van der Waals surface area contributed by atoms with E-state index >= 15 is 0 Å². The summed E-state index contributed by atoms with van der Waals surface area (Å²) in [6.07, 6.45) is 5.10. The van der Waals surface area contributed by atoms with E-state index in [1.807, 2.05) is 12.2 Å². The first kappa shape index (κ1) is 18.2. The quantitative estimate of drug-likeness (QED) is 0.616. The number of carbonyl (C=O) groups excluding carboxylic acids is 2. The van der Waals surface area contributed by atoms with Gasteiger partial charge in [-0.05, 0) is 44.4 Å². The Labute approximate surface area is 140 Å². The van der Waals surface area contributed by atoms with E-state index in [9.17, 15) is 18.0 Å². The number of rotatable bonds is 5. The fourth-order valence-electron chi connectivity index (χ4n) is 2.33. The van der Waals surface area contributed by atoms with E-state index in [0.717, 1.165) is 6.42 Å². The van der Waals surface area contributed by atoms with E-state index in [4.69, 9.17) is 9.88 Å². The second-order valence-corrected chi connectivity index (χ2v) is 7.18. The van der Waals surface area contributed by atoms with Gasteiger partial charge in [-0.2, -0.15) is 0 Å². The monoisotopic (exact) mass is 352 g/mol. The van der Waals surface area contributed by atoms with Crippen LogP contribution in [0.3, 0.4) is 0 Å². The zero-order valence-corrected chi connectivity index (χ0v) is 14.1. The molecule has 0 fully saturated rings. The number of benzene rings is 1. The molecule has 2 rings (SSSR count). The SMILES string of the molecule is C[C@H](OC(=O)[C@@H]1CC=CCC1)C(=O)Nc1cccc(S(N)(=O)=O)c1. The molecular formula is C16H20N2O5S. The largest absolute Gasteiger partial charge is 0.452 e. The van der Waals surface area contributed by atoms with Crippen molar-refractivity contribution in [2.45, 2.75) is 37.2 Å². The van der Waals surface area contributed by atoms with Gasteiger partial charge in [0.1, 0.15) is 0 Å². The standard InChI is InChI=1S/C16H20N2O5S/c1-11(23-16(20)12-6-3-2-4-7-12)15(19)18-13-8-5-9-14(10-13)24(17,21)22/h2-3,5,8-12H,4,6-7H2,1H3,(H,18,19)(H2,17,21,22)/t11-,12+/m0/s1. The molecule has 3 N–H and O–H groups in total. The van der Waals surface area contributed by atoms with Crippen molar-refractivity contribution in [2.24, 2.45) is 11.1 Å². The van der Waals surface area contributed by atoms with E-state index < -0.39 is 28.0 Å². The topological polar surface area (TPSA) is 116 Å². The van der Waals surface area contributed by atoms with Crippen molar-refractivity contribution in [1.82, 2.24) is 0 Å². The Balaban J connectivity index is 1.96. The van der Waals surface area contributed by atoms with E-state index in [-0.39, 0.29) is 16.5 Å². The molecule has 8 heteroatoms. The molecular weight excluding hydrogens is 332 g/mol. The number of nitrogens with two attached hydrogens (primary N) is 1. The number of carbonyl (C=O) groups is 2. The van der Waals surface area contributed by atoms with Crippen LogP contribution >= 0.6 is 0 Å². The molecule has 0 unspecified atom stereocenters. The summed E-state index contributed by atoms with van der Waals surface area (Å²) in [6, 6.07) is 5.55. The zero-order chi connectivity index (χ0) is 17.7. The molecule has 1 aromatic rings. The molecule has 130 valence electrons. The fourth-order valence-corrected chi connectivity index (χ4v) is 2.89. The number of anilines is 1. The highest BCUT2D eigenvalue weighted by molar-refractivity contribution is 7.89. The minimum Gasteiger partial charge on any atom is -0.452 e. The lowest BCUT2D eigenvalue weighted by Gasteiger charge is -2.19. The Morgan fingerprint density at radius 3 is 2.71 bits per heavy atom. The van der Waals surface area contributed by atoms with Gasteiger partial charge in [-0.15, -0.1) is 0 Å². The smallest absolute Gasteiger partial charge is 0.310 e. The van der Waals surface area contributed by atoms with Crippen molar-refractivity contribution in [2.75, 3.05) is 5.32 Å². The molecule has 0 bridgehead atoms. The number of hydrogen-bond donors (Lipinski definition) is 2. The average molecular weight is 352 g/mol. The summed E-state index contributed by atoms with van der Waals surface area (Å²) in [5.41, 5.74) is 0.259. The second-order valence-electron chi connectivity index (χ2n) is 5.62. The van der Waals surface area contributed by atoms with Crippen molar-refractivity contribution in [3.63, 3.8) is 0 Å². The number of sulfonamides is 1. The molecule has 0 saturated heterocycles. The Kier molecular flexibility index (Phi) is 5.74. The van der Waals surface area contributed by atoms with Crippen LogP contribution in [0.5, 0.6) is 0 Å². The predicted octanol–water partition coefficient (Wildman–Crippen LogP) is 1.56. The molecule has 1 aromatic carbocycles. The van der Waals surface area contributed by atoms with Crippen LogP contribution < -0.4 is 10.5 Å². The van der Waals surface area contributed by atoms with Gasteiger partial charge in [0.05, 0.1) is 10.8 Å². The number of primary sulfonamides is 1. The van der Waals surface area contributed by atoms with Gasteiger partial charge in [-0.1, -0.05) is 18.2 Å². The van der Waals surface area contributed by atoms with Crippen LogP contribution in [0.4, 0.5) is 5.69 Å². The summed E-state index contributed by atoms with van der Waals surface area (Å²) in [7, 11) is -3.86. The molecule has 0 spiro atoms. The highest BCUT2D eigenvalue weighted by atomic mass is 32.2. The van der Waals surface area contributed by atoms with Crippen molar-refractivity contribution in [3.8, 4) is 0 Å². The lowest BCUT2D eigenvalue weighted by molar-refractivity contribution is -0.157. The molecule has 1 aliphatic rings. The fraction of sp³-hybridized carbons (Fsp3) is 0.375. The van der Waals surface area contributed by atoms with Crippen molar-refractivity contribution in [1.29, 1.82) is 0 Å². The summed E-state index contributed by atoms with van der Waals surface area (Å²) < 4.78 is 27.8. The maximum absolute atomic E-state index is 12.1. The molecule has 1 amide bonds. The Morgan fingerprint density at radius 1 is 1.33 bits per heavy atom. The van der Waals surface area contributed by atoms with Gasteiger partial charge in [-0.3, -0.25) is 9.59 Å². The number of allylic oxidation sites excluding steroid dienone is 2. The third-order valence-corrected chi connectivity index (χ3v) is 4.61. The lowest BCUT2D eigenvalue weighted by Crippen LogP contribution is -2.32. The highest BCUT2D eigenvalue weighted by Crippen LogP contribution is 2.20. The summed E-state index contributed by atoms with van der Waals surface area (Å²) in [5.74, 6) is -1.17. The summed E-state index contributed by atoms with van der Waals surface area (Å²) in [6.45, 7) is 1.47. The number of hydrogen-bond acceptors (Lipinski definition) is 5. The van der Waals surface area contributed by atoms with Gasteiger partial charge >= 0.3 is 5.97 Å². The first-order valence-electron chi connectivity index (χ1n) is 7.56. The first-order valence-corrected chi connectivity index (χ1v) is 9.11. The van der Waals surface area contributed by atoms with Crippen LogP contribution in [0.1, 0.15) is 26.2 Å². The van der Waals surface area contributed by atoms with Crippen molar-refractivity contribution < 1.29 is 22.7 Å². The summed E-state index contributed by atoms with van der Waals surface area (Å²) >= 11 is 0. The summed E-state index contributed by atoms with van der Waals surface area (Å²) in [5, 5.41) is 7.56. The Bertz CT molecular complexity index is 757. The molecule has 0 radical (unpaired) electrons. The van der Waals surface area contributed by atoms with Crippen LogP contribution in [-0.2, 0) is 24.3 Å². The van der Waals surface area contributed by atoms with Gasteiger partial charge in [0.25, 0.3) is 5.91 Å². The molecule has 7 nitrogen and oxygen atoms in total. The molecule has 0 saturated carbocycles. The average Bonchev–Trinajstić information content (AvgIpc) is 2.55. The maximum Gasteiger partial charge on any atom is 0.310 e. The van der Waals surface area contributed by atoms with E-state index in [2.05, 4.69) is 5.32 Å². The lowest BCUT2D eigenvalue weighted by atomic mass is 9.95. The van der Waals surface area contributed by atoms with Crippen LogP contribution in [0, 0.1) is 5.92 Å². The minimum absolute atomic E-state index is 0.112. The van der Waals surface area contributed by atoms with E-state index in [1.165, 1.54) is 31.2 Å². The third-order valence-electron chi connectivity index (χ3n) is 3.69. The van der Waals surface area contributed by atoms with E-state index in [1.54, 1.807) is 0 Å². The number of ether oxygens (including phenoxy) is 1. The molecule has 0 aromatic heterocycles. The highest BCUT2D eigenvalue weighted by Gasteiger charge is 2.25. The molecule has 0 aliphatic heterocycles. The number of amides is 1. The summed E-state index contributed by atoms with van der Waals surface area (Å²) in [4.78, 5) is 24.0. The van der Waals surface area contributed by atoms with Gasteiger partial charge in [0.2, 0.25) is 10.0 Å². The van der Waals surface area contributed by atoms with Gasteiger partial charge in [0.15, 0.2) is 6.10 Å². The zero-order valence-electron chi connectivity index (χ0n) is 13.3. The third kappa shape index (κ3) is 4.90. The number of esters is 1. The molecule has 1 aliphatic carbocycles. The second kappa shape index (κ2) is 7.59. The van der Waals surface area contributed by atoms with E-state index in [0.29, 0.717) is 12.8 Å². The van der Waals surface area contributed by atoms with Crippen molar-refractivity contribution in [3.05, 3.63) is 36.4 Å². The van der Waals surface area contributed by atoms with Gasteiger partial charge < -0.3 is 10.1 Å². The molecule has 2 atom stereocenters. The van der Waals surface area contributed by atoms with Crippen LogP contribution in [0.2, 0.25) is 0 Å². The Hall–Kier alpha value is -2.19. The van der Waals surface area contributed by atoms with Crippen LogP contribution in [0.15, 0.2) is 41.3 Å². The normalized spacial score (nSPS) is 18.7. The number of nitrogens with one attached hydrogen (secondary N) is 1. The molecule has 0 heterocycles. The van der Waals surface area contributed by atoms with Gasteiger partial charge in [-0.25, -0.2) is 13.6 Å². The predicted molar refractivity (Wildman–Crippen MR) is 88.5 cm³/mol. The Morgan fingerprint density at radius 2 is 2.08 bits per heavy atom. The first-order chi connectivity index (χ1) is 11.3. The molecule has 24 heavy (non-hydrogen) atoms. The van der Waals surface area contributed by atoms with Crippen molar-refractivity contribution >= 4 is 27.6 Å². The maximum atomic E-state index is 12.1. The van der Waals surface area contributed by atoms with Gasteiger partial charge in [0, 0.05) is 5.69 Å². The minimum atomic E-state index is -3.86. The van der Waals surface area contributed by atoms with Crippen LogP contribution in [-0.4, -0.2) is 26.4 Å².